The molecule has 2 atom stereocenters. The highest BCUT2D eigenvalue weighted by molar-refractivity contribution is 7.98. The number of nitrogens with zero attached hydrogens (tertiary/aromatic N) is 2. The number of aryl methyl sites for hydroxylation is 1. The molecule has 6 nitrogen and oxygen atoms in total. The zero-order valence-electron chi connectivity index (χ0n) is 12.1. The molecular weight excluding hydrogens is 290 g/mol. The molecular formula is C14H19N3O3S. The van der Waals surface area contributed by atoms with Gasteiger partial charge in [0.1, 0.15) is 5.03 Å². The van der Waals surface area contributed by atoms with Crippen molar-refractivity contribution in [1.82, 2.24) is 14.9 Å². The fraction of sp³-hybridized carbons (Fsp3) is 0.643. The number of amides is 1. The highest BCUT2D eigenvalue weighted by Gasteiger charge is 2.43. The fourth-order valence-electron chi connectivity index (χ4n) is 3.57. The molecule has 0 radical (unpaired) electrons. The molecule has 1 aromatic heterocycles. The number of nitrogens with one attached hydrogen (secondary N) is 1. The Bertz CT molecular complexity index is 616. The Hall–Kier alpha value is -1.34. The summed E-state index contributed by atoms with van der Waals surface area (Å²) in [6, 6.07) is 0.208. The number of H-pyrrole nitrogens is 1. The fourth-order valence-corrected chi connectivity index (χ4v) is 4.19. The van der Waals surface area contributed by atoms with Gasteiger partial charge in [-0.15, -0.1) is 11.8 Å². The molecule has 21 heavy (non-hydrogen) atoms. The van der Waals surface area contributed by atoms with Crippen LogP contribution < -0.4 is 5.69 Å². The van der Waals surface area contributed by atoms with Crippen molar-refractivity contribution in [2.75, 3.05) is 6.26 Å². The summed E-state index contributed by atoms with van der Waals surface area (Å²) in [6.45, 7) is 1.73. The molecule has 3 heterocycles. The first kappa shape index (κ1) is 14.6. The van der Waals surface area contributed by atoms with Crippen LogP contribution in [0, 0.1) is 6.92 Å². The second kappa shape index (κ2) is 5.46. The maximum Gasteiger partial charge on any atom is 0.346 e. The zero-order chi connectivity index (χ0) is 15.1. The maximum atomic E-state index is 12.9. The summed E-state index contributed by atoms with van der Waals surface area (Å²) in [5, 5.41) is 10.3. The van der Waals surface area contributed by atoms with Crippen molar-refractivity contribution in [2.24, 2.45) is 0 Å². The smallest absolute Gasteiger partial charge is 0.346 e. The van der Waals surface area contributed by atoms with Gasteiger partial charge in [0.2, 0.25) is 0 Å². The number of fused-ring (bicyclic) bond motifs is 2. The first-order valence-electron chi connectivity index (χ1n) is 7.17. The SMILES string of the molecule is CSc1nc(=O)[nH]c(C)c1C(=O)N1C2CCC1CC(O)C2. The third-order valence-electron chi connectivity index (χ3n) is 4.44. The van der Waals surface area contributed by atoms with Crippen molar-refractivity contribution in [2.45, 2.75) is 55.8 Å². The van der Waals surface area contributed by atoms with Crippen LogP contribution in [0.2, 0.25) is 0 Å². The van der Waals surface area contributed by atoms with Crippen molar-refractivity contribution in [3.05, 3.63) is 21.7 Å². The number of thioether (sulfide) groups is 1. The van der Waals surface area contributed by atoms with E-state index in [2.05, 4.69) is 9.97 Å². The number of hydrogen-bond acceptors (Lipinski definition) is 5. The lowest BCUT2D eigenvalue weighted by atomic mass is 9.99. The van der Waals surface area contributed by atoms with E-state index in [1.54, 1.807) is 6.92 Å². The van der Waals surface area contributed by atoms with Crippen LogP contribution in [-0.2, 0) is 0 Å². The van der Waals surface area contributed by atoms with Crippen LogP contribution in [-0.4, -0.2) is 50.3 Å². The highest BCUT2D eigenvalue weighted by Crippen LogP contribution is 2.37. The molecule has 2 aliphatic rings. The van der Waals surface area contributed by atoms with E-state index >= 15 is 0 Å². The Morgan fingerprint density at radius 1 is 1.38 bits per heavy atom. The lowest BCUT2D eigenvalue weighted by Crippen LogP contribution is -2.48. The minimum absolute atomic E-state index is 0.0694. The van der Waals surface area contributed by atoms with Crippen LogP contribution in [0.5, 0.6) is 0 Å². The Balaban J connectivity index is 1.98. The molecule has 0 saturated carbocycles. The summed E-state index contributed by atoms with van der Waals surface area (Å²) in [4.78, 5) is 32.8. The monoisotopic (exact) mass is 309 g/mol. The van der Waals surface area contributed by atoms with Gasteiger partial charge in [0.15, 0.2) is 0 Å². The lowest BCUT2D eigenvalue weighted by Gasteiger charge is -2.37. The maximum absolute atomic E-state index is 12.9. The van der Waals surface area contributed by atoms with Gasteiger partial charge < -0.3 is 15.0 Å². The van der Waals surface area contributed by atoms with E-state index in [1.807, 2.05) is 11.2 Å². The molecule has 1 aromatic rings. The van der Waals surface area contributed by atoms with Gasteiger partial charge in [-0.1, -0.05) is 0 Å². The van der Waals surface area contributed by atoms with E-state index in [0.717, 1.165) is 12.8 Å². The Labute approximate surface area is 127 Å². The largest absolute Gasteiger partial charge is 0.393 e. The number of aliphatic hydroxyl groups is 1. The molecule has 2 bridgehead atoms. The van der Waals surface area contributed by atoms with Crippen LogP contribution in [0.15, 0.2) is 9.82 Å². The predicted octanol–water partition coefficient (Wildman–Crippen LogP) is 0.928. The molecule has 1 amide bonds. The van der Waals surface area contributed by atoms with Gasteiger partial charge in [0.05, 0.1) is 11.7 Å². The van der Waals surface area contributed by atoms with Crippen LogP contribution in [0.25, 0.3) is 0 Å². The second-order valence-electron chi connectivity index (χ2n) is 5.77. The number of hydrogen-bond donors (Lipinski definition) is 2. The first-order chi connectivity index (χ1) is 10.0. The van der Waals surface area contributed by atoms with Gasteiger partial charge in [-0.3, -0.25) is 4.79 Å². The van der Waals surface area contributed by atoms with Gasteiger partial charge in [-0.25, -0.2) is 4.79 Å². The van der Waals surface area contributed by atoms with Crippen molar-refractivity contribution < 1.29 is 9.90 Å². The number of aromatic amines is 1. The molecule has 0 aliphatic carbocycles. The third kappa shape index (κ3) is 2.48. The van der Waals surface area contributed by atoms with Crippen molar-refractivity contribution in [3.8, 4) is 0 Å². The van der Waals surface area contributed by atoms with Crippen LogP contribution in [0.3, 0.4) is 0 Å². The standard InChI is InChI=1S/C14H19N3O3S/c1-7-11(12(21-2)16-14(20)15-7)13(19)17-8-3-4-9(17)6-10(18)5-8/h8-10,18H,3-6H2,1-2H3,(H,15,16,20). The van der Waals surface area contributed by atoms with Gasteiger partial charge in [0.25, 0.3) is 5.91 Å². The number of carbonyl (C=O) groups excluding carboxylic acids is 1. The quantitative estimate of drug-likeness (QED) is 0.627. The molecule has 114 valence electrons. The molecule has 2 aliphatic heterocycles. The van der Waals surface area contributed by atoms with Gasteiger partial charge in [-0.2, -0.15) is 4.98 Å². The van der Waals surface area contributed by atoms with Crippen LogP contribution >= 0.6 is 11.8 Å². The van der Waals surface area contributed by atoms with E-state index in [0.29, 0.717) is 29.1 Å². The number of carbonyl (C=O) groups is 1. The van der Waals surface area contributed by atoms with Crippen LogP contribution in [0.1, 0.15) is 41.7 Å². The Morgan fingerprint density at radius 3 is 2.57 bits per heavy atom. The zero-order valence-corrected chi connectivity index (χ0v) is 12.9. The van der Waals surface area contributed by atoms with E-state index in [1.165, 1.54) is 11.8 Å². The second-order valence-corrected chi connectivity index (χ2v) is 6.57. The number of rotatable bonds is 2. The molecule has 2 saturated heterocycles. The van der Waals surface area contributed by atoms with Gasteiger partial charge in [-0.05, 0) is 38.9 Å². The molecule has 2 N–H and O–H groups in total. The predicted molar refractivity (Wildman–Crippen MR) is 79.6 cm³/mol. The molecule has 3 rings (SSSR count). The summed E-state index contributed by atoms with van der Waals surface area (Å²) in [6.07, 6.45) is 4.68. The number of aliphatic hydroxyl groups excluding tert-OH is 1. The normalized spacial score (nSPS) is 28.0. The molecule has 7 heteroatoms. The average Bonchev–Trinajstić information content (AvgIpc) is 2.69. The Morgan fingerprint density at radius 2 is 2.00 bits per heavy atom. The summed E-state index contributed by atoms with van der Waals surface area (Å²) < 4.78 is 0. The number of piperidine rings is 1. The van der Waals surface area contributed by atoms with E-state index < -0.39 is 5.69 Å². The topological polar surface area (TPSA) is 86.3 Å². The van der Waals surface area contributed by atoms with E-state index in [9.17, 15) is 14.7 Å². The highest BCUT2D eigenvalue weighted by atomic mass is 32.2. The minimum Gasteiger partial charge on any atom is -0.393 e. The van der Waals surface area contributed by atoms with E-state index in [4.69, 9.17) is 0 Å². The average molecular weight is 309 g/mol. The van der Waals surface area contributed by atoms with Crippen molar-refractivity contribution >= 4 is 17.7 Å². The van der Waals surface area contributed by atoms with Crippen LogP contribution in [0.4, 0.5) is 0 Å². The Kier molecular flexibility index (Phi) is 3.79. The van der Waals surface area contributed by atoms with Crippen molar-refractivity contribution in [1.29, 1.82) is 0 Å². The lowest BCUT2D eigenvalue weighted by molar-refractivity contribution is 0.0282. The summed E-state index contributed by atoms with van der Waals surface area (Å²) in [5.74, 6) is -0.0694. The summed E-state index contributed by atoms with van der Waals surface area (Å²) >= 11 is 1.31. The molecule has 0 aromatic carbocycles. The van der Waals surface area contributed by atoms with Gasteiger partial charge in [0, 0.05) is 17.8 Å². The molecule has 2 fully saturated rings. The minimum atomic E-state index is -0.426. The van der Waals surface area contributed by atoms with Gasteiger partial charge >= 0.3 is 5.69 Å². The third-order valence-corrected chi connectivity index (χ3v) is 5.12. The summed E-state index contributed by atoms with van der Waals surface area (Å²) in [5.41, 5.74) is 0.635. The van der Waals surface area contributed by atoms with Crippen molar-refractivity contribution in [3.63, 3.8) is 0 Å². The number of aromatic nitrogens is 2. The molecule has 2 unspecified atom stereocenters. The summed E-state index contributed by atoms with van der Waals surface area (Å²) in [7, 11) is 0. The molecule has 0 spiro atoms. The first-order valence-corrected chi connectivity index (χ1v) is 8.39. The van der Waals surface area contributed by atoms with E-state index in [-0.39, 0.29) is 24.1 Å².